The molecule has 0 aromatic carbocycles. The lowest BCUT2D eigenvalue weighted by molar-refractivity contribution is -0.153. The lowest BCUT2D eigenvalue weighted by Crippen LogP contribution is -2.24. The molecule has 0 saturated carbocycles. The van der Waals surface area contributed by atoms with E-state index in [-0.39, 0.29) is 48.0 Å². The smallest absolute Gasteiger partial charge is 0.310 e. The highest BCUT2D eigenvalue weighted by Crippen LogP contribution is 2.27. The summed E-state index contributed by atoms with van der Waals surface area (Å²) in [7, 11) is 1.62. The van der Waals surface area contributed by atoms with Crippen molar-refractivity contribution in [1.82, 2.24) is 15.3 Å². The number of H-pyrrole nitrogens is 2. The van der Waals surface area contributed by atoms with Gasteiger partial charge in [-0.05, 0) is 57.9 Å². The van der Waals surface area contributed by atoms with Gasteiger partial charge in [-0.3, -0.25) is 9.59 Å². The van der Waals surface area contributed by atoms with Gasteiger partial charge in [-0.1, -0.05) is 29.7 Å². The molecular weight excluding hydrogens is 366 g/mol. The Morgan fingerprint density at radius 3 is 2.07 bits per heavy atom. The number of hydrogen-bond acceptors (Lipinski definition) is 3. The topological polar surface area (TPSA) is 87.0 Å². The van der Waals surface area contributed by atoms with E-state index in [1.807, 2.05) is 46.8 Å². The summed E-state index contributed by atoms with van der Waals surface area (Å²) in [6, 6.07) is 3.91. The third-order valence-corrected chi connectivity index (χ3v) is 3.81. The number of aromatic nitrogens is 2. The summed E-state index contributed by atoms with van der Waals surface area (Å²) in [6.07, 6.45) is 0.514. The SMILES string of the molecule is C.C.C.C.CNC(=O)Cc1cc(-c2[nH]c(C)cc2CC(=O)OC(C)(C)C)[nH]c1C. The number of hydrogen-bond donors (Lipinski definition) is 3. The van der Waals surface area contributed by atoms with Crippen LogP contribution in [0, 0.1) is 13.8 Å². The maximum Gasteiger partial charge on any atom is 0.310 e. The fourth-order valence-corrected chi connectivity index (χ4v) is 2.74. The van der Waals surface area contributed by atoms with Gasteiger partial charge in [0.2, 0.25) is 5.91 Å². The first-order valence-corrected chi connectivity index (χ1v) is 8.39. The lowest BCUT2D eigenvalue weighted by Gasteiger charge is -2.19. The molecule has 6 nitrogen and oxygen atoms in total. The first kappa shape index (κ1) is 31.2. The van der Waals surface area contributed by atoms with Gasteiger partial charge in [0.15, 0.2) is 0 Å². The minimum absolute atomic E-state index is 0. The second-order valence-corrected chi connectivity index (χ2v) is 7.30. The summed E-state index contributed by atoms with van der Waals surface area (Å²) in [4.78, 5) is 30.4. The Morgan fingerprint density at radius 2 is 1.55 bits per heavy atom. The first-order chi connectivity index (χ1) is 11.6. The Bertz CT molecular complexity index is 780. The molecule has 1 amide bonds. The van der Waals surface area contributed by atoms with Gasteiger partial charge >= 0.3 is 5.97 Å². The average molecular weight is 410 g/mol. The summed E-state index contributed by atoms with van der Waals surface area (Å²) in [5.74, 6) is -0.299. The fourth-order valence-electron chi connectivity index (χ4n) is 2.74. The average Bonchev–Trinajstić information content (AvgIpc) is 3.00. The lowest BCUT2D eigenvalue weighted by atomic mass is 10.1. The van der Waals surface area contributed by atoms with Crippen LogP contribution >= 0.6 is 0 Å². The van der Waals surface area contributed by atoms with Crippen LogP contribution in [-0.4, -0.2) is 34.5 Å². The fraction of sp³-hybridized carbons (Fsp3) is 0.565. The number of likely N-dealkylation sites (N-methyl/N-ethyl adjacent to an activating group) is 1. The molecule has 0 radical (unpaired) electrons. The molecule has 29 heavy (non-hydrogen) atoms. The predicted molar refractivity (Wildman–Crippen MR) is 124 cm³/mol. The quantitative estimate of drug-likeness (QED) is 0.582. The summed E-state index contributed by atoms with van der Waals surface area (Å²) < 4.78 is 5.42. The number of nitrogens with one attached hydrogen (secondary N) is 3. The molecule has 0 aliphatic carbocycles. The van der Waals surface area contributed by atoms with Crippen LogP contribution in [0.2, 0.25) is 0 Å². The third kappa shape index (κ3) is 8.59. The van der Waals surface area contributed by atoms with Crippen LogP contribution in [0.25, 0.3) is 11.4 Å². The van der Waals surface area contributed by atoms with Crippen LogP contribution < -0.4 is 5.32 Å². The molecule has 2 rings (SSSR count). The summed E-state index contributed by atoms with van der Waals surface area (Å²) in [5, 5.41) is 2.63. The van der Waals surface area contributed by atoms with Crippen LogP contribution in [0.5, 0.6) is 0 Å². The van der Waals surface area contributed by atoms with Crippen LogP contribution in [0.4, 0.5) is 0 Å². The Hall–Kier alpha value is -2.50. The van der Waals surface area contributed by atoms with Gasteiger partial charge in [0.05, 0.1) is 24.2 Å². The third-order valence-electron chi connectivity index (χ3n) is 3.81. The van der Waals surface area contributed by atoms with E-state index in [9.17, 15) is 9.59 Å². The van der Waals surface area contributed by atoms with Crippen molar-refractivity contribution in [3.05, 3.63) is 34.6 Å². The second kappa shape index (κ2) is 12.1. The van der Waals surface area contributed by atoms with E-state index in [0.717, 1.165) is 33.9 Å². The highest BCUT2D eigenvalue weighted by atomic mass is 16.6. The van der Waals surface area contributed by atoms with Crippen molar-refractivity contribution in [2.24, 2.45) is 0 Å². The largest absolute Gasteiger partial charge is 0.460 e. The van der Waals surface area contributed by atoms with Crippen molar-refractivity contribution in [3.63, 3.8) is 0 Å². The highest BCUT2D eigenvalue weighted by molar-refractivity contribution is 5.80. The van der Waals surface area contributed by atoms with Gasteiger partial charge in [-0.25, -0.2) is 0 Å². The van der Waals surface area contributed by atoms with Crippen LogP contribution in [-0.2, 0) is 27.2 Å². The van der Waals surface area contributed by atoms with Gasteiger partial charge < -0.3 is 20.0 Å². The van der Waals surface area contributed by atoms with Crippen molar-refractivity contribution in [2.45, 2.75) is 82.8 Å². The zero-order valence-electron chi connectivity index (χ0n) is 15.8. The highest BCUT2D eigenvalue weighted by Gasteiger charge is 2.20. The minimum atomic E-state index is -0.508. The van der Waals surface area contributed by atoms with Gasteiger partial charge in [0.25, 0.3) is 0 Å². The van der Waals surface area contributed by atoms with E-state index in [0.29, 0.717) is 6.42 Å². The van der Waals surface area contributed by atoms with E-state index < -0.39 is 5.60 Å². The maximum absolute atomic E-state index is 12.2. The molecule has 3 N–H and O–H groups in total. The molecule has 2 aromatic heterocycles. The zero-order valence-corrected chi connectivity index (χ0v) is 15.8. The van der Waals surface area contributed by atoms with Crippen molar-refractivity contribution < 1.29 is 14.3 Å². The summed E-state index contributed by atoms with van der Waals surface area (Å²) >= 11 is 0. The van der Waals surface area contributed by atoms with Crippen LogP contribution in [0.3, 0.4) is 0 Å². The number of amides is 1. The van der Waals surface area contributed by atoms with Crippen molar-refractivity contribution in [1.29, 1.82) is 0 Å². The van der Waals surface area contributed by atoms with Gasteiger partial charge in [0, 0.05) is 18.4 Å². The van der Waals surface area contributed by atoms with E-state index in [1.165, 1.54) is 0 Å². The molecule has 0 spiro atoms. The van der Waals surface area contributed by atoms with Crippen LogP contribution in [0.1, 0.15) is 73.0 Å². The van der Waals surface area contributed by atoms with Gasteiger partial charge in [-0.15, -0.1) is 0 Å². The molecular formula is C23H43N3O3. The number of rotatable bonds is 5. The van der Waals surface area contributed by atoms with E-state index in [2.05, 4.69) is 15.3 Å². The molecule has 0 bridgehead atoms. The Labute approximate surface area is 177 Å². The van der Waals surface area contributed by atoms with Gasteiger partial charge in [0.1, 0.15) is 5.60 Å². The van der Waals surface area contributed by atoms with E-state index in [4.69, 9.17) is 4.74 Å². The van der Waals surface area contributed by atoms with E-state index >= 15 is 0 Å². The normalized spacial score (nSPS) is 9.86. The molecule has 0 saturated heterocycles. The molecule has 2 aromatic rings. The number of carbonyl (C=O) groups excluding carboxylic acids is 2. The number of aryl methyl sites for hydroxylation is 2. The number of esters is 1. The zero-order chi connectivity index (χ0) is 18.8. The predicted octanol–water partition coefficient (Wildman–Crippen LogP) is 5.34. The molecule has 2 heterocycles. The molecule has 168 valence electrons. The van der Waals surface area contributed by atoms with Crippen molar-refractivity contribution in [3.8, 4) is 11.4 Å². The molecule has 0 aliphatic rings. The number of ether oxygens (including phenoxy) is 1. The minimum Gasteiger partial charge on any atom is -0.460 e. The Balaban J connectivity index is -0.00000169. The van der Waals surface area contributed by atoms with Crippen molar-refractivity contribution in [2.75, 3.05) is 7.05 Å². The molecule has 6 heteroatoms. The second-order valence-electron chi connectivity index (χ2n) is 7.30. The Morgan fingerprint density at radius 1 is 0.966 bits per heavy atom. The van der Waals surface area contributed by atoms with Crippen LogP contribution in [0.15, 0.2) is 12.1 Å². The molecule has 0 atom stereocenters. The van der Waals surface area contributed by atoms with Gasteiger partial charge in [-0.2, -0.15) is 0 Å². The standard InChI is InChI=1S/C19H27N3O3.4CH4/c1-11-7-14(10-17(24)25-19(3,4)5)18(21-11)15-8-13(12(2)22-15)9-16(23)20-6;;;;/h7-8,21-22H,9-10H2,1-6H3,(H,20,23);4*1H4. The maximum atomic E-state index is 12.2. The molecule has 0 unspecified atom stereocenters. The summed E-state index contributed by atoms with van der Waals surface area (Å²) in [6.45, 7) is 9.45. The van der Waals surface area contributed by atoms with Crippen molar-refractivity contribution >= 4 is 11.9 Å². The van der Waals surface area contributed by atoms with E-state index in [1.54, 1.807) is 7.05 Å². The molecule has 0 fully saturated rings. The Kier molecular flexibility index (Phi) is 13.1. The molecule has 0 aliphatic heterocycles. The first-order valence-electron chi connectivity index (χ1n) is 8.39. The number of carbonyl (C=O) groups is 2. The number of aromatic amines is 2. The monoisotopic (exact) mass is 409 g/mol. The summed E-state index contributed by atoms with van der Waals surface area (Å²) in [5.41, 5.74) is 4.93.